The SMILES string of the molecule is CCOC(CC)(CC)C(O)c1cnccc1C(F)(F)F. The van der Waals surface area contributed by atoms with E-state index in [2.05, 4.69) is 4.98 Å². The van der Waals surface area contributed by atoms with Crippen molar-refractivity contribution in [3.05, 3.63) is 29.6 Å². The molecular weight excluding hydrogens is 271 g/mol. The number of aromatic nitrogens is 1. The lowest BCUT2D eigenvalue weighted by Crippen LogP contribution is -2.39. The van der Waals surface area contributed by atoms with Crippen molar-refractivity contribution in [2.24, 2.45) is 0 Å². The number of hydrogen-bond donors (Lipinski definition) is 1. The van der Waals surface area contributed by atoms with Crippen LogP contribution in [0.25, 0.3) is 0 Å². The Balaban J connectivity index is 3.29. The molecular formula is C14H20F3NO2. The molecule has 0 spiro atoms. The van der Waals surface area contributed by atoms with Gasteiger partial charge >= 0.3 is 6.18 Å². The van der Waals surface area contributed by atoms with E-state index in [1.165, 1.54) is 0 Å². The van der Waals surface area contributed by atoms with E-state index in [9.17, 15) is 18.3 Å². The Labute approximate surface area is 116 Å². The molecule has 1 aromatic rings. The second kappa shape index (κ2) is 6.54. The van der Waals surface area contributed by atoms with E-state index in [1.807, 2.05) is 0 Å². The van der Waals surface area contributed by atoms with Crippen molar-refractivity contribution in [3.8, 4) is 0 Å². The maximum Gasteiger partial charge on any atom is 0.416 e. The zero-order valence-electron chi connectivity index (χ0n) is 11.9. The van der Waals surface area contributed by atoms with Gasteiger partial charge in [0.1, 0.15) is 6.10 Å². The topological polar surface area (TPSA) is 42.4 Å². The minimum atomic E-state index is -4.53. The highest BCUT2D eigenvalue weighted by Crippen LogP contribution is 2.41. The van der Waals surface area contributed by atoms with Crippen LogP contribution < -0.4 is 0 Å². The number of aliphatic hydroxyl groups excluding tert-OH is 1. The molecule has 1 unspecified atom stereocenters. The molecule has 0 aliphatic heterocycles. The van der Waals surface area contributed by atoms with Gasteiger partial charge in [-0.3, -0.25) is 4.98 Å². The normalized spacial score (nSPS) is 14.3. The van der Waals surface area contributed by atoms with Gasteiger partial charge in [-0.25, -0.2) is 0 Å². The number of hydrogen-bond acceptors (Lipinski definition) is 3. The molecule has 0 saturated heterocycles. The van der Waals surface area contributed by atoms with E-state index >= 15 is 0 Å². The molecule has 0 saturated carbocycles. The first kappa shape index (κ1) is 16.9. The van der Waals surface area contributed by atoms with E-state index in [1.54, 1.807) is 20.8 Å². The lowest BCUT2D eigenvalue weighted by molar-refractivity contribution is -0.148. The zero-order valence-corrected chi connectivity index (χ0v) is 11.9. The number of aliphatic hydroxyl groups is 1. The summed E-state index contributed by atoms with van der Waals surface area (Å²) in [6.45, 7) is 5.64. The van der Waals surface area contributed by atoms with E-state index in [-0.39, 0.29) is 5.56 Å². The fraction of sp³-hybridized carbons (Fsp3) is 0.643. The number of rotatable bonds is 6. The molecule has 1 rings (SSSR count). The minimum Gasteiger partial charge on any atom is -0.385 e. The average Bonchev–Trinajstić information content (AvgIpc) is 2.43. The maximum absolute atomic E-state index is 13.0. The van der Waals surface area contributed by atoms with E-state index in [4.69, 9.17) is 4.74 Å². The summed E-state index contributed by atoms with van der Waals surface area (Å²) in [5, 5.41) is 10.4. The van der Waals surface area contributed by atoms with Crippen LogP contribution in [0, 0.1) is 0 Å². The molecule has 1 N–H and O–H groups in total. The van der Waals surface area contributed by atoms with Gasteiger partial charge in [-0.15, -0.1) is 0 Å². The molecule has 0 bridgehead atoms. The largest absolute Gasteiger partial charge is 0.416 e. The van der Waals surface area contributed by atoms with Crippen molar-refractivity contribution in [2.75, 3.05) is 6.61 Å². The second-order valence-corrected chi connectivity index (χ2v) is 4.57. The Morgan fingerprint density at radius 3 is 2.30 bits per heavy atom. The van der Waals surface area contributed by atoms with Crippen molar-refractivity contribution in [1.29, 1.82) is 0 Å². The molecule has 20 heavy (non-hydrogen) atoms. The van der Waals surface area contributed by atoms with Gasteiger partial charge in [-0.05, 0) is 25.8 Å². The molecule has 0 aliphatic rings. The number of alkyl halides is 3. The van der Waals surface area contributed by atoms with Crippen LogP contribution in [0.3, 0.4) is 0 Å². The summed E-state index contributed by atoms with van der Waals surface area (Å²) in [6.07, 6.45) is -2.96. The third kappa shape index (κ3) is 3.30. The quantitative estimate of drug-likeness (QED) is 0.868. The highest BCUT2D eigenvalue weighted by molar-refractivity contribution is 5.30. The van der Waals surface area contributed by atoms with Crippen LogP contribution in [-0.4, -0.2) is 22.3 Å². The molecule has 3 nitrogen and oxygen atoms in total. The fourth-order valence-electron chi connectivity index (χ4n) is 2.37. The van der Waals surface area contributed by atoms with Gasteiger partial charge in [-0.2, -0.15) is 13.2 Å². The predicted molar refractivity (Wildman–Crippen MR) is 69.1 cm³/mol. The first-order chi connectivity index (χ1) is 9.32. The van der Waals surface area contributed by atoms with E-state index in [0.717, 1.165) is 18.5 Å². The molecule has 0 aliphatic carbocycles. The highest BCUT2D eigenvalue weighted by Gasteiger charge is 2.42. The minimum absolute atomic E-state index is 0.239. The van der Waals surface area contributed by atoms with Crippen LogP contribution in [0.5, 0.6) is 0 Å². The number of ether oxygens (including phenoxy) is 1. The van der Waals surface area contributed by atoms with Crippen LogP contribution in [0.2, 0.25) is 0 Å². The highest BCUT2D eigenvalue weighted by atomic mass is 19.4. The second-order valence-electron chi connectivity index (χ2n) is 4.57. The third-order valence-corrected chi connectivity index (χ3v) is 3.58. The van der Waals surface area contributed by atoms with Gasteiger partial charge in [0, 0.05) is 24.6 Å². The lowest BCUT2D eigenvalue weighted by atomic mass is 9.85. The van der Waals surface area contributed by atoms with Crippen molar-refractivity contribution in [1.82, 2.24) is 4.98 Å². The number of halogens is 3. The van der Waals surface area contributed by atoms with Crippen LogP contribution in [-0.2, 0) is 10.9 Å². The van der Waals surface area contributed by atoms with Crippen LogP contribution in [0.1, 0.15) is 50.8 Å². The molecule has 0 radical (unpaired) electrons. The lowest BCUT2D eigenvalue weighted by Gasteiger charge is -2.37. The third-order valence-electron chi connectivity index (χ3n) is 3.58. The van der Waals surface area contributed by atoms with Crippen LogP contribution in [0.15, 0.2) is 18.5 Å². The molecule has 1 heterocycles. The van der Waals surface area contributed by atoms with Gasteiger partial charge in [0.15, 0.2) is 0 Å². The van der Waals surface area contributed by atoms with Gasteiger partial charge in [0.25, 0.3) is 0 Å². The van der Waals surface area contributed by atoms with Crippen molar-refractivity contribution in [3.63, 3.8) is 0 Å². The van der Waals surface area contributed by atoms with Crippen LogP contribution in [0.4, 0.5) is 13.2 Å². The summed E-state index contributed by atoms with van der Waals surface area (Å²) in [5.74, 6) is 0. The standard InChI is InChI=1S/C14H20F3NO2/c1-4-13(5-2,20-6-3)12(19)10-9-18-8-7-11(10)14(15,16)17/h7-9,12,19H,4-6H2,1-3H3. The van der Waals surface area contributed by atoms with Gasteiger partial charge in [-0.1, -0.05) is 13.8 Å². The molecule has 114 valence electrons. The summed E-state index contributed by atoms with van der Waals surface area (Å²) in [5.41, 5.74) is -2.14. The van der Waals surface area contributed by atoms with E-state index < -0.39 is 23.4 Å². The summed E-state index contributed by atoms with van der Waals surface area (Å²) in [4.78, 5) is 3.71. The molecule has 6 heteroatoms. The average molecular weight is 291 g/mol. The monoisotopic (exact) mass is 291 g/mol. The summed E-state index contributed by atoms with van der Waals surface area (Å²) >= 11 is 0. The van der Waals surface area contributed by atoms with Crippen molar-refractivity contribution < 1.29 is 23.0 Å². The smallest absolute Gasteiger partial charge is 0.385 e. The maximum atomic E-state index is 13.0. The summed E-state index contributed by atoms with van der Waals surface area (Å²) in [6, 6.07) is 0.876. The van der Waals surface area contributed by atoms with Gasteiger partial charge < -0.3 is 9.84 Å². The summed E-state index contributed by atoms with van der Waals surface area (Å²) in [7, 11) is 0. The first-order valence-electron chi connectivity index (χ1n) is 6.65. The molecule has 1 aromatic heterocycles. The Kier molecular flexibility index (Phi) is 5.53. The zero-order chi connectivity index (χ0) is 15.4. The van der Waals surface area contributed by atoms with Crippen molar-refractivity contribution >= 4 is 0 Å². The molecule has 1 atom stereocenters. The molecule has 0 fully saturated rings. The Hall–Kier alpha value is -1.14. The Morgan fingerprint density at radius 2 is 1.85 bits per heavy atom. The summed E-state index contributed by atoms with van der Waals surface area (Å²) < 4.78 is 44.6. The van der Waals surface area contributed by atoms with Crippen LogP contribution >= 0.6 is 0 Å². The first-order valence-corrected chi connectivity index (χ1v) is 6.65. The Bertz CT molecular complexity index is 431. The molecule has 0 aromatic carbocycles. The Morgan fingerprint density at radius 1 is 1.25 bits per heavy atom. The van der Waals surface area contributed by atoms with Crippen molar-refractivity contribution in [2.45, 2.75) is 51.5 Å². The van der Waals surface area contributed by atoms with Gasteiger partial charge in [0.05, 0.1) is 11.2 Å². The van der Waals surface area contributed by atoms with E-state index in [0.29, 0.717) is 19.4 Å². The number of nitrogens with zero attached hydrogens (tertiary/aromatic N) is 1. The predicted octanol–water partition coefficient (Wildman–Crippen LogP) is 3.73. The number of pyridine rings is 1. The molecule has 0 amide bonds. The van der Waals surface area contributed by atoms with Gasteiger partial charge in [0.2, 0.25) is 0 Å². The fourth-order valence-corrected chi connectivity index (χ4v) is 2.37.